The molecule has 1 amide bonds. The van der Waals surface area contributed by atoms with Crippen LogP contribution in [0.5, 0.6) is 0 Å². The number of nitrogens with zero attached hydrogens (tertiary/aromatic N) is 1. The molecule has 0 aliphatic rings. The van der Waals surface area contributed by atoms with Gasteiger partial charge < -0.3 is 10.2 Å². The zero-order chi connectivity index (χ0) is 11.0. The molecule has 14 heavy (non-hydrogen) atoms. The Morgan fingerprint density at radius 3 is 2.64 bits per heavy atom. The molecule has 0 radical (unpaired) electrons. The van der Waals surface area contributed by atoms with Crippen LogP contribution >= 0.6 is 12.6 Å². The average Bonchev–Trinajstić information content (AvgIpc) is 2.12. The van der Waals surface area contributed by atoms with Gasteiger partial charge >= 0.3 is 0 Å². The molecule has 4 nitrogen and oxygen atoms in total. The maximum atomic E-state index is 11.1. The van der Waals surface area contributed by atoms with E-state index in [0.29, 0.717) is 31.3 Å². The van der Waals surface area contributed by atoms with E-state index in [9.17, 15) is 4.79 Å². The van der Waals surface area contributed by atoms with Crippen LogP contribution in [-0.2, 0) is 9.63 Å². The van der Waals surface area contributed by atoms with Crippen molar-refractivity contribution in [2.24, 2.45) is 0 Å². The minimum absolute atomic E-state index is 0.0415. The molecular weight excluding hydrogens is 200 g/mol. The van der Waals surface area contributed by atoms with Crippen LogP contribution < -0.4 is 5.32 Å². The molecule has 0 spiro atoms. The third-order valence-corrected chi connectivity index (χ3v) is 2.03. The van der Waals surface area contributed by atoms with Crippen molar-refractivity contribution >= 4 is 18.5 Å². The summed E-state index contributed by atoms with van der Waals surface area (Å²) < 4.78 is 0. The molecule has 0 fully saturated rings. The van der Waals surface area contributed by atoms with E-state index in [2.05, 4.69) is 17.9 Å². The minimum atomic E-state index is 0.0415. The largest absolute Gasteiger partial charge is 0.355 e. The summed E-state index contributed by atoms with van der Waals surface area (Å²) in [7, 11) is 1.63. The predicted octanol–water partition coefficient (Wildman–Crippen LogP) is 0.694. The Bertz CT molecular complexity index is 165. The zero-order valence-electron chi connectivity index (χ0n) is 9.12. The molecule has 0 saturated heterocycles. The molecule has 0 aliphatic carbocycles. The van der Waals surface area contributed by atoms with Gasteiger partial charge in [-0.25, -0.2) is 0 Å². The molecule has 1 N–H and O–H groups in total. The van der Waals surface area contributed by atoms with E-state index in [1.807, 2.05) is 18.9 Å². The maximum Gasteiger partial charge on any atom is 0.220 e. The van der Waals surface area contributed by atoms with Crippen molar-refractivity contribution in [3.63, 3.8) is 0 Å². The molecule has 0 bridgehead atoms. The van der Waals surface area contributed by atoms with Crippen molar-refractivity contribution in [3.8, 4) is 0 Å². The van der Waals surface area contributed by atoms with Gasteiger partial charge in [-0.1, -0.05) is 0 Å². The molecule has 84 valence electrons. The van der Waals surface area contributed by atoms with Crippen molar-refractivity contribution in [1.29, 1.82) is 0 Å². The molecule has 0 aromatic carbocycles. The predicted molar refractivity (Wildman–Crippen MR) is 60.3 cm³/mol. The smallest absolute Gasteiger partial charge is 0.220 e. The second-order valence-corrected chi connectivity index (χ2v) is 3.69. The first-order chi connectivity index (χ1) is 6.61. The number of thiol groups is 1. The van der Waals surface area contributed by atoms with Gasteiger partial charge in [0.2, 0.25) is 5.91 Å². The SMILES string of the molecule is CON(CCNC(=O)CCS)C(C)C. The van der Waals surface area contributed by atoms with Gasteiger partial charge in [-0.2, -0.15) is 17.7 Å². The number of nitrogens with one attached hydrogen (secondary N) is 1. The number of hydroxylamine groups is 2. The topological polar surface area (TPSA) is 41.6 Å². The Hall–Kier alpha value is -0.260. The molecule has 0 heterocycles. The molecule has 0 saturated carbocycles. The van der Waals surface area contributed by atoms with Crippen molar-refractivity contribution in [3.05, 3.63) is 0 Å². The van der Waals surface area contributed by atoms with Crippen LogP contribution in [0, 0.1) is 0 Å². The van der Waals surface area contributed by atoms with E-state index in [1.165, 1.54) is 0 Å². The van der Waals surface area contributed by atoms with Crippen molar-refractivity contribution in [2.75, 3.05) is 26.0 Å². The number of hydrogen-bond donors (Lipinski definition) is 2. The van der Waals surface area contributed by atoms with Crippen LogP contribution in [0.3, 0.4) is 0 Å². The van der Waals surface area contributed by atoms with Crippen molar-refractivity contribution in [2.45, 2.75) is 26.3 Å². The van der Waals surface area contributed by atoms with Gasteiger partial charge in [0.25, 0.3) is 0 Å². The number of carbonyl (C=O) groups excluding carboxylic acids is 1. The van der Waals surface area contributed by atoms with Crippen LogP contribution in [0.1, 0.15) is 20.3 Å². The summed E-state index contributed by atoms with van der Waals surface area (Å²) in [6, 6.07) is 0.321. The standard InChI is InChI=1S/C9H20N2O2S/c1-8(2)11(13-3)6-5-10-9(12)4-7-14/h8,14H,4-7H2,1-3H3,(H,10,12). The quantitative estimate of drug-likeness (QED) is 0.490. The minimum Gasteiger partial charge on any atom is -0.355 e. The Labute approximate surface area is 91.4 Å². The van der Waals surface area contributed by atoms with E-state index < -0.39 is 0 Å². The highest BCUT2D eigenvalue weighted by Gasteiger charge is 2.07. The van der Waals surface area contributed by atoms with Gasteiger partial charge in [-0.05, 0) is 19.6 Å². The molecular formula is C9H20N2O2S. The van der Waals surface area contributed by atoms with Crippen LogP contribution in [-0.4, -0.2) is 43.0 Å². The fourth-order valence-electron chi connectivity index (χ4n) is 1.06. The molecule has 0 aromatic heterocycles. The lowest BCUT2D eigenvalue weighted by Gasteiger charge is -2.23. The van der Waals surface area contributed by atoms with Gasteiger partial charge in [-0.3, -0.25) is 4.79 Å². The third-order valence-electron chi connectivity index (χ3n) is 1.80. The Morgan fingerprint density at radius 2 is 2.21 bits per heavy atom. The highest BCUT2D eigenvalue weighted by atomic mass is 32.1. The van der Waals surface area contributed by atoms with Crippen molar-refractivity contribution < 1.29 is 9.63 Å². The molecule has 0 aliphatic heterocycles. The Kier molecular flexibility index (Phi) is 7.93. The average molecular weight is 220 g/mol. The monoisotopic (exact) mass is 220 g/mol. The number of rotatable bonds is 7. The van der Waals surface area contributed by atoms with Crippen molar-refractivity contribution in [1.82, 2.24) is 10.4 Å². The van der Waals surface area contributed by atoms with Gasteiger partial charge in [0.15, 0.2) is 0 Å². The van der Waals surface area contributed by atoms with Gasteiger partial charge in [0.1, 0.15) is 0 Å². The van der Waals surface area contributed by atoms with E-state index >= 15 is 0 Å². The summed E-state index contributed by atoms with van der Waals surface area (Å²) >= 11 is 3.98. The molecule has 0 unspecified atom stereocenters. The summed E-state index contributed by atoms with van der Waals surface area (Å²) in [4.78, 5) is 16.2. The Morgan fingerprint density at radius 1 is 1.57 bits per heavy atom. The third kappa shape index (κ3) is 6.23. The zero-order valence-corrected chi connectivity index (χ0v) is 10.0. The van der Waals surface area contributed by atoms with Gasteiger partial charge in [0, 0.05) is 25.6 Å². The first-order valence-corrected chi connectivity index (χ1v) is 5.43. The van der Waals surface area contributed by atoms with Crippen LogP contribution in [0.4, 0.5) is 0 Å². The second kappa shape index (κ2) is 8.08. The lowest BCUT2D eigenvalue weighted by Crippen LogP contribution is -2.37. The highest BCUT2D eigenvalue weighted by molar-refractivity contribution is 7.80. The molecule has 0 atom stereocenters. The van der Waals surface area contributed by atoms with Gasteiger partial charge in [-0.15, -0.1) is 0 Å². The van der Waals surface area contributed by atoms with Crippen LogP contribution in [0.15, 0.2) is 0 Å². The fourth-order valence-corrected chi connectivity index (χ4v) is 1.26. The summed E-state index contributed by atoms with van der Waals surface area (Å²) in [5, 5.41) is 4.61. The summed E-state index contributed by atoms with van der Waals surface area (Å²) in [6.07, 6.45) is 0.470. The summed E-state index contributed by atoms with van der Waals surface area (Å²) in [5.41, 5.74) is 0. The molecule has 5 heteroatoms. The van der Waals surface area contributed by atoms with Crippen LogP contribution in [0.2, 0.25) is 0 Å². The van der Waals surface area contributed by atoms with E-state index in [4.69, 9.17) is 4.84 Å². The number of carbonyl (C=O) groups is 1. The van der Waals surface area contributed by atoms with Gasteiger partial charge in [0.05, 0.1) is 7.11 Å². The molecule has 0 rings (SSSR count). The molecule has 0 aromatic rings. The van der Waals surface area contributed by atoms with E-state index in [1.54, 1.807) is 7.11 Å². The number of hydrogen-bond acceptors (Lipinski definition) is 4. The second-order valence-electron chi connectivity index (χ2n) is 3.24. The highest BCUT2D eigenvalue weighted by Crippen LogP contribution is 1.95. The lowest BCUT2D eigenvalue weighted by atomic mass is 10.4. The Balaban J connectivity index is 3.56. The fraction of sp³-hybridized carbons (Fsp3) is 0.889. The lowest BCUT2D eigenvalue weighted by molar-refractivity contribution is -0.152. The van der Waals surface area contributed by atoms with Crippen LogP contribution in [0.25, 0.3) is 0 Å². The summed E-state index contributed by atoms with van der Waals surface area (Å²) in [6.45, 7) is 5.39. The first kappa shape index (κ1) is 13.7. The maximum absolute atomic E-state index is 11.1. The normalized spacial score (nSPS) is 11.0. The van der Waals surface area contributed by atoms with E-state index in [0.717, 1.165) is 0 Å². The first-order valence-electron chi connectivity index (χ1n) is 4.80. The summed E-state index contributed by atoms with van der Waals surface area (Å²) in [5.74, 6) is 0.629. The number of amides is 1. The van der Waals surface area contributed by atoms with E-state index in [-0.39, 0.29) is 5.91 Å².